The fourth-order valence-corrected chi connectivity index (χ4v) is 4.49. The van der Waals surface area contributed by atoms with Crippen molar-refractivity contribution in [1.82, 2.24) is 19.4 Å². The number of carbonyl (C=O) groups excluding carboxylic acids is 1. The molecular formula is C15H26N4O3S. The van der Waals surface area contributed by atoms with Crippen LogP contribution in [-0.2, 0) is 21.9 Å². The zero-order valence-corrected chi connectivity index (χ0v) is 15.3. The van der Waals surface area contributed by atoms with E-state index in [1.807, 2.05) is 27.8 Å². The molecule has 0 aromatic carbocycles. The molecule has 130 valence electrons. The Bertz CT molecular complexity index is 696. The summed E-state index contributed by atoms with van der Waals surface area (Å²) in [6.07, 6.45) is 3.39. The third-order valence-corrected chi connectivity index (χ3v) is 5.83. The van der Waals surface area contributed by atoms with Gasteiger partial charge >= 0.3 is 0 Å². The molecule has 2 rings (SSSR count). The van der Waals surface area contributed by atoms with Crippen LogP contribution in [0, 0.1) is 13.8 Å². The normalized spacial score (nSPS) is 21.2. The van der Waals surface area contributed by atoms with E-state index < -0.39 is 16.1 Å². The molecule has 1 saturated heterocycles. The van der Waals surface area contributed by atoms with Crippen LogP contribution < -0.4 is 5.32 Å². The minimum absolute atomic E-state index is 0.209. The Morgan fingerprint density at radius 1 is 1.35 bits per heavy atom. The molecule has 0 spiro atoms. The zero-order valence-electron chi connectivity index (χ0n) is 14.5. The summed E-state index contributed by atoms with van der Waals surface area (Å²) in [6, 6.07) is -0.821. The predicted molar refractivity (Wildman–Crippen MR) is 88.4 cm³/mol. The molecule has 0 radical (unpaired) electrons. The zero-order chi connectivity index (χ0) is 17.4. The van der Waals surface area contributed by atoms with Crippen LogP contribution in [0.15, 0.2) is 0 Å². The van der Waals surface area contributed by atoms with Gasteiger partial charge in [0.2, 0.25) is 15.9 Å². The minimum Gasteiger partial charge on any atom is -0.348 e. The van der Waals surface area contributed by atoms with E-state index in [1.165, 1.54) is 4.31 Å². The van der Waals surface area contributed by atoms with Crippen LogP contribution in [-0.4, -0.2) is 47.3 Å². The van der Waals surface area contributed by atoms with E-state index in [-0.39, 0.29) is 11.9 Å². The first-order valence-electron chi connectivity index (χ1n) is 7.90. The van der Waals surface area contributed by atoms with Crippen molar-refractivity contribution in [3.63, 3.8) is 0 Å². The summed E-state index contributed by atoms with van der Waals surface area (Å²) in [4.78, 5) is 12.6. The minimum atomic E-state index is -3.38. The lowest BCUT2D eigenvalue weighted by Crippen LogP contribution is -2.51. The van der Waals surface area contributed by atoms with Crippen LogP contribution in [0.2, 0.25) is 0 Å². The molecule has 1 fully saturated rings. The number of hydrogen-bond donors (Lipinski definition) is 1. The first kappa shape index (κ1) is 17.9. The Morgan fingerprint density at radius 3 is 2.52 bits per heavy atom. The van der Waals surface area contributed by atoms with Gasteiger partial charge < -0.3 is 5.32 Å². The van der Waals surface area contributed by atoms with Crippen molar-refractivity contribution in [1.29, 1.82) is 0 Å². The summed E-state index contributed by atoms with van der Waals surface area (Å²) in [5.41, 5.74) is 2.86. The Hall–Kier alpha value is -1.41. The van der Waals surface area contributed by atoms with E-state index >= 15 is 0 Å². The van der Waals surface area contributed by atoms with Gasteiger partial charge in [0.1, 0.15) is 6.04 Å². The van der Waals surface area contributed by atoms with Crippen molar-refractivity contribution in [2.75, 3.05) is 12.8 Å². The molecule has 1 aliphatic heterocycles. The second kappa shape index (κ2) is 6.60. The van der Waals surface area contributed by atoms with Gasteiger partial charge in [-0.2, -0.15) is 9.40 Å². The van der Waals surface area contributed by atoms with Gasteiger partial charge in [-0.1, -0.05) is 6.42 Å². The molecule has 0 aliphatic carbocycles. The summed E-state index contributed by atoms with van der Waals surface area (Å²) < 4.78 is 26.9. The van der Waals surface area contributed by atoms with E-state index in [2.05, 4.69) is 10.4 Å². The van der Waals surface area contributed by atoms with Crippen molar-refractivity contribution < 1.29 is 13.2 Å². The number of nitrogens with zero attached hydrogens (tertiary/aromatic N) is 3. The predicted octanol–water partition coefficient (Wildman–Crippen LogP) is 1.03. The molecule has 0 saturated carbocycles. The Labute approximate surface area is 138 Å². The maximum absolute atomic E-state index is 12.6. The van der Waals surface area contributed by atoms with Crippen molar-refractivity contribution in [2.45, 2.75) is 52.1 Å². The fourth-order valence-electron chi connectivity index (χ4n) is 3.36. The molecule has 23 heavy (non-hydrogen) atoms. The largest absolute Gasteiger partial charge is 0.348 e. The lowest BCUT2D eigenvalue weighted by atomic mass is 10.0. The van der Waals surface area contributed by atoms with Crippen molar-refractivity contribution >= 4 is 15.9 Å². The number of sulfonamides is 1. The number of hydrogen-bond acceptors (Lipinski definition) is 4. The highest BCUT2D eigenvalue weighted by molar-refractivity contribution is 7.88. The standard InChI is InChI=1S/C15H26N4O3S/c1-10(14-11(2)17-18(4)12(14)3)16-15(20)13-8-6-7-9-19(13)23(5,21)22/h10,13H,6-9H2,1-5H3,(H,16,20)/t10-,13+/m0/s1. The second-order valence-corrected chi connectivity index (χ2v) is 8.26. The van der Waals surface area contributed by atoms with Crippen LogP contribution >= 0.6 is 0 Å². The van der Waals surface area contributed by atoms with Gasteiger partial charge in [0.05, 0.1) is 18.0 Å². The van der Waals surface area contributed by atoms with Crippen LogP contribution in [0.4, 0.5) is 0 Å². The fraction of sp³-hybridized carbons (Fsp3) is 0.733. The van der Waals surface area contributed by atoms with Gasteiger partial charge in [-0.3, -0.25) is 9.48 Å². The Morgan fingerprint density at radius 2 is 2.00 bits per heavy atom. The summed E-state index contributed by atoms with van der Waals surface area (Å²) in [5.74, 6) is -0.231. The molecule has 1 N–H and O–H groups in total. The van der Waals surface area contributed by atoms with Crippen LogP contribution in [0.25, 0.3) is 0 Å². The average molecular weight is 342 g/mol. The third-order valence-electron chi connectivity index (χ3n) is 4.54. The van der Waals surface area contributed by atoms with Crippen LogP contribution in [0.3, 0.4) is 0 Å². The van der Waals surface area contributed by atoms with Gasteiger partial charge in [-0.05, 0) is 33.6 Å². The van der Waals surface area contributed by atoms with E-state index in [0.717, 1.165) is 36.0 Å². The maximum atomic E-state index is 12.6. The van der Waals surface area contributed by atoms with Crippen LogP contribution in [0.1, 0.15) is 49.2 Å². The Kier molecular flexibility index (Phi) is 5.15. The monoisotopic (exact) mass is 342 g/mol. The van der Waals surface area contributed by atoms with Gasteiger partial charge in [-0.25, -0.2) is 8.42 Å². The molecule has 2 atom stereocenters. The first-order chi connectivity index (χ1) is 10.6. The van der Waals surface area contributed by atoms with E-state index in [1.54, 1.807) is 4.68 Å². The lowest BCUT2D eigenvalue weighted by molar-refractivity contribution is -0.126. The number of carbonyl (C=O) groups is 1. The van der Waals surface area contributed by atoms with Gasteiger partial charge in [0.25, 0.3) is 0 Å². The molecule has 0 bridgehead atoms. The van der Waals surface area contributed by atoms with Gasteiger partial charge in [-0.15, -0.1) is 0 Å². The topological polar surface area (TPSA) is 84.3 Å². The highest BCUT2D eigenvalue weighted by Crippen LogP contribution is 2.23. The summed E-state index contributed by atoms with van der Waals surface area (Å²) in [5, 5.41) is 7.33. The summed E-state index contributed by atoms with van der Waals surface area (Å²) in [6.45, 7) is 6.19. The molecule has 1 aromatic heterocycles. The number of aromatic nitrogens is 2. The van der Waals surface area contributed by atoms with Crippen molar-refractivity contribution in [3.8, 4) is 0 Å². The van der Waals surface area contributed by atoms with Crippen molar-refractivity contribution in [3.05, 3.63) is 17.0 Å². The average Bonchev–Trinajstić information content (AvgIpc) is 2.71. The number of aryl methyl sites for hydroxylation is 2. The number of amides is 1. The molecule has 1 amide bonds. The van der Waals surface area contributed by atoms with Gasteiger partial charge in [0.15, 0.2) is 0 Å². The molecule has 1 aromatic rings. The molecule has 7 nitrogen and oxygen atoms in total. The highest BCUT2D eigenvalue weighted by Gasteiger charge is 2.35. The summed E-state index contributed by atoms with van der Waals surface area (Å²) in [7, 11) is -1.51. The SMILES string of the molecule is Cc1nn(C)c(C)c1[C@H](C)NC(=O)[C@H]1CCCCN1S(C)(=O)=O. The third kappa shape index (κ3) is 3.74. The Balaban J connectivity index is 2.17. The number of nitrogens with one attached hydrogen (secondary N) is 1. The maximum Gasteiger partial charge on any atom is 0.238 e. The van der Waals surface area contributed by atoms with E-state index in [4.69, 9.17) is 0 Å². The quantitative estimate of drug-likeness (QED) is 0.886. The second-order valence-electron chi connectivity index (χ2n) is 6.32. The molecule has 1 aliphatic rings. The van der Waals surface area contributed by atoms with E-state index in [0.29, 0.717) is 13.0 Å². The van der Waals surface area contributed by atoms with Crippen molar-refractivity contribution in [2.24, 2.45) is 7.05 Å². The molecule has 8 heteroatoms. The molecule has 2 heterocycles. The highest BCUT2D eigenvalue weighted by atomic mass is 32.2. The molecule has 0 unspecified atom stereocenters. The molecular weight excluding hydrogens is 316 g/mol. The number of rotatable bonds is 4. The number of piperidine rings is 1. The van der Waals surface area contributed by atoms with Crippen LogP contribution in [0.5, 0.6) is 0 Å². The van der Waals surface area contributed by atoms with Gasteiger partial charge in [0, 0.05) is 24.8 Å². The van der Waals surface area contributed by atoms with E-state index in [9.17, 15) is 13.2 Å². The first-order valence-corrected chi connectivity index (χ1v) is 9.75. The smallest absolute Gasteiger partial charge is 0.238 e. The summed E-state index contributed by atoms with van der Waals surface area (Å²) >= 11 is 0. The lowest BCUT2D eigenvalue weighted by Gasteiger charge is -2.33.